The fourth-order valence-electron chi connectivity index (χ4n) is 2.55. The van der Waals surface area contributed by atoms with Crippen molar-refractivity contribution in [2.75, 3.05) is 25.3 Å². The lowest BCUT2D eigenvalue weighted by Crippen LogP contribution is -2.15. The summed E-state index contributed by atoms with van der Waals surface area (Å²) in [6.45, 7) is 0. The highest BCUT2D eigenvalue weighted by molar-refractivity contribution is 8.01. The third-order valence-electron chi connectivity index (χ3n) is 4.05. The molecule has 0 radical (unpaired) electrons. The summed E-state index contributed by atoms with van der Waals surface area (Å²) in [6, 6.07) is 10.6. The number of ketones is 1. The Morgan fingerprint density at radius 2 is 1.90 bits per heavy atom. The maximum absolute atomic E-state index is 13.0. The van der Waals surface area contributed by atoms with Crippen molar-refractivity contribution in [1.29, 1.82) is 0 Å². The van der Waals surface area contributed by atoms with E-state index < -0.39 is 0 Å². The third kappa shape index (κ3) is 5.80. The van der Waals surface area contributed by atoms with Gasteiger partial charge < -0.3 is 14.8 Å². The molecule has 2 aromatic carbocycles. The third-order valence-corrected chi connectivity index (χ3v) is 6.12. The summed E-state index contributed by atoms with van der Waals surface area (Å²) in [4.78, 5) is 29.0. The van der Waals surface area contributed by atoms with Crippen LogP contribution in [0.2, 0.25) is 0 Å². The molecule has 3 aromatic rings. The molecule has 1 heterocycles. The van der Waals surface area contributed by atoms with E-state index in [1.165, 1.54) is 54.5 Å². The average molecular weight is 447 g/mol. The normalized spacial score (nSPS) is 10.5. The largest absolute Gasteiger partial charge is 0.497 e. The van der Waals surface area contributed by atoms with E-state index in [0.29, 0.717) is 32.8 Å². The molecule has 0 saturated carbocycles. The Morgan fingerprint density at radius 1 is 1.13 bits per heavy atom. The number of carbonyl (C=O) groups is 2. The van der Waals surface area contributed by atoms with Crippen molar-refractivity contribution >= 4 is 40.5 Å². The summed E-state index contributed by atoms with van der Waals surface area (Å²) in [7, 11) is 3.07. The standard InChI is InChI=1S/C21H19FN2O4S2/c1-27-16-7-8-19(28-2)17(10-16)24-20(26)9-15-11-29-21(23-15)30-12-18(25)13-3-5-14(22)6-4-13/h3-8,10-11H,9,12H2,1-2H3,(H,24,26). The highest BCUT2D eigenvalue weighted by Gasteiger charge is 2.13. The molecule has 0 aliphatic carbocycles. The summed E-state index contributed by atoms with van der Waals surface area (Å²) >= 11 is 2.65. The summed E-state index contributed by atoms with van der Waals surface area (Å²) in [6.07, 6.45) is 0.0866. The number of anilines is 1. The molecule has 0 atom stereocenters. The van der Waals surface area contributed by atoms with E-state index in [1.54, 1.807) is 30.7 Å². The highest BCUT2D eigenvalue weighted by atomic mass is 32.2. The van der Waals surface area contributed by atoms with E-state index in [2.05, 4.69) is 10.3 Å². The summed E-state index contributed by atoms with van der Waals surface area (Å²) < 4.78 is 24.1. The van der Waals surface area contributed by atoms with Gasteiger partial charge in [-0.05, 0) is 36.4 Å². The number of aromatic nitrogens is 1. The zero-order valence-electron chi connectivity index (χ0n) is 16.3. The second-order valence-electron chi connectivity index (χ2n) is 6.11. The van der Waals surface area contributed by atoms with Crippen LogP contribution in [-0.2, 0) is 11.2 Å². The molecule has 0 aliphatic rings. The van der Waals surface area contributed by atoms with Gasteiger partial charge in [0.1, 0.15) is 17.3 Å². The number of Topliss-reactive ketones (excluding diaryl/α,β-unsaturated/α-hetero) is 1. The minimum Gasteiger partial charge on any atom is -0.497 e. The number of benzene rings is 2. The van der Waals surface area contributed by atoms with Crippen molar-refractivity contribution in [3.05, 3.63) is 64.9 Å². The van der Waals surface area contributed by atoms with Crippen LogP contribution < -0.4 is 14.8 Å². The number of ether oxygens (including phenoxy) is 2. The number of hydrogen-bond donors (Lipinski definition) is 1. The minimum absolute atomic E-state index is 0.0866. The molecule has 1 N–H and O–H groups in total. The van der Waals surface area contributed by atoms with Gasteiger partial charge >= 0.3 is 0 Å². The quantitative estimate of drug-likeness (QED) is 0.386. The van der Waals surface area contributed by atoms with Crippen molar-refractivity contribution in [2.45, 2.75) is 10.8 Å². The van der Waals surface area contributed by atoms with E-state index >= 15 is 0 Å². The number of thioether (sulfide) groups is 1. The molecule has 0 bridgehead atoms. The topological polar surface area (TPSA) is 77.5 Å². The molecule has 3 rings (SSSR count). The average Bonchev–Trinajstić information content (AvgIpc) is 3.19. The van der Waals surface area contributed by atoms with Crippen LogP contribution in [0.4, 0.5) is 10.1 Å². The molecule has 0 fully saturated rings. The van der Waals surface area contributed by atoms with E-state index in [1.807, 2.05) is 0 Å². The number of carbonyl (C=O) groups excluding carboxylic acids is 2. The van der Waals surface area contributed by atoms with Crippen molar-refractivity contribution in [3.8, 4) is 11.5 Å². The molecule has 1 amide bonds. The monoisotopic (exact) mass is 446 g/mol. The zero-order chi connectivity index (χ0) is 21.5. The van der Waals surface area contributed by atoms with Crippen LogP contribution in [-0.4, -0.2) is 36.6 Å². The van der Waals surface area contributed by atoms with Crippen LogP contribution in [0, 0.1) is 5.82 Å². The SMILES string of the molecule is COc1ccc(OC)c(NC(=O)Cc2csc(SCC(=O)c3ccc(F)cc3)n2)c1. The molecular weight excluding hydrogens is 427 g/mol. The molecule has 0 unspecified atom stereocenters. The van der Waals surface area contributed by atoms with E-state index in [9.17, 15) is 14.0 Å². The van der Waals surface area contributed by atoms with Crippen LogP contribution in [0.1, 0.15) is 16.1 Å². The van der Waals surface area contributed by atoms with Crippen molar-refractivity contribution in [2.24, 2.45) is 0 Å². The molecule has 156 valence electrons. The number of amides is 1. The molecule has 1 aromatic heterocycles. The van der Waals surface area contributed by atoms with Crippen LogP contribution in [0.25, 0.3) is 0 Å². The van der Waals surface area contributed by atoms with Crippen LogP contribution in [0.15, 0.2) is 52.2 Å². The first-order valence-electron chi connectivity index (χ1n) is 8.86. The Bertz CT molecular complexity index is 1040. The number of nitrogens with zero attached hydrogens (tertiary/aromatic N) is 1. The Hall–Kier alpha value is -2.91. The predicted molar refractivity (Wildman–Crippen MR) is 115 cm³/mol. The van der Waals surface area contributed by atoms with E-state index in [-0.39, 0.29) is 29.7 Å². The number of nitrogens with one attached hydrogen (secondary N) is 1. The fourth-order valence-corrected chi connectivity index (χ4v) is 4.29. The smallest absolute Gasteiger partial charge is 0.230 e. The van der Waals surface area contributed by atoms with Gasteiger partial charge in [0.25, 0.3) is 0 Å². The first-order chi connectivity index (χ1) is 14.5. The Labute approximate surface area is 181 Å². The van der Waals surface area contributed by atoms with Gasteiger partial charge in [-0.3, -0.25) is 9.59 Å². The molecule has 9 heteroatoms. The molecule has 30 heavy (non-hydrogen) atoms. The lowest BCUT2D eigenvalue weighted by atomic mass is 10.1. The summed E-state index contributed by atoms with van der Waals surface area (Å²) in [5.41, 5.74) is 1.57. The fraction of sp³-hybridized carbons (Fsp3) is 0.190. The lowest BCUT2D eigenvalue weighted by Gasteiger charge is -2.11. The van der Waals surface area contributed by atoms with Gasteiger partial charge in [0.15, 0.2) is 10.1 Å². The molecule has 0 aliphatic heterocycles. The second-order valence-corrected chi connectivity index (χ2v) is 8.20. The number of hydrogen-bond acceptors (Lipinski definition) is 7. The van der Waals surface area contributed by atoms with Crippen LogP contribution in [0.5, 0.6) is 11.5 Å². The van der Waals surface area contributed by atoms with Gasteiger partial charge in [0, 0.05) is 17.0 Å². The number of methoxy groups -OCH3 is 2. The summed E-state index contributed by atoms with van der Waals surface area (Å²) in [5, 5.41) is 4.58. The first kappa shape index (κ1) is 21.8. The number of thiazole rings is 1. The van der Waals surface area contributed by atoms with E-state index in [4.69, 9.17) is 9.47 Å². The van der Waals surface area contributed by atoms with Gasteiger partial charge in [-0.15, -0.1) is 11.3 Å². The van der Waals surface area contributed by atoms with Gasteiger partial charge in [-0.1, -0.05) is 11.8 Å². The number of rotatable bonds is 9. The first-order valence-corrected chi connectivity index (χ1v) is 10.7. The maximum atomic E-state index is 13.0. The zero-order valence-corrected chi connectivity index (χ0v) is 17.9. The highest BCUT2D eigenvalue weighted by Crippen LogP contribution is 2.29. The molecule has 6 nitrogen and oxygen atoms in total. The van der Waals surface area contributed by atoms with Crippen molar-refractivity contribution < 1.29 is 23.5 Å². The van der Waals surface area contributed by atoms with Crippen molar-refractivity contribution in [1.82, 2.24) is 4.98 Å². The maximum Gasteiger partial charge on any atom is 0.230 e. The summed E-state index contributed by atoms with van der Waals surface area (Å²) in [5.74, 6) is 0.576. The van der Waals surface area contributed by atoms with E-state index in [0.717, 1.165) is 0 Å². The molecule has 0 spiro atoms. The van der Waals surface area contributed by atoms with Crippen LogP contribution in [0.3, 0.4) is 0 Å². The van der Waals surface area contributed by atoms with Crippen molar-refractivity contribution in [3.63, 3.8) is 0 Å². The minimum atomic E-state index is -0.381. The second kappa shape index (κ2) is 10.2. The Morgan fingerprint density at radius 3 is 2.60 bits per heavy atom. The van der Waals surface area contributed by atoms with Gasteiger partial charge in [-0.2, -0.15) is 0 Å². The predicted octanol–water partition coefficient (Wildman–Crippen LogP) is 4.46. The molecular formula is C21H19FN2O4S2. The van der Waals surface area contributed by atoms with Gasteiger partial charge in [0.2, 0.25) is 5.91 Å². The molecule has 0 saturated heterocycles. The lowest BCUT2D eigenvalue weighted by molar-refractivity contribution is -0.115. The van der Waals surface area contributed by atoms with Gasteiger partial charge in [-0.25, -0.2) is 9.37 Å². The number of halogens is 1. The Balaban J connectivity index is 1.55. The van der Waals surface area contributed by atoms with Crippen LogP contribution >= 0.6 is 23.1 Å². The van der Waals surface area contributed by atoms with Gasteiger partial charge in [0.05, 0.1) is 37.8 Å². The Kier molecular flexibility index (Phi) is 7.42.